The fourth-order valence-corrected chi connectivity index (χ4v) is 2.39. The molecule has 0 radical (unpaired) electrons. The molecule has 2 saturated heterocycles. The molecule has 0 amide bonds. The van der Waals surface area contributed by atoms with Crippen LogP contribution in [0.1, 0.15) is 6.42 Å². The molecule has 0 aromatic rings. The number of rotatable bonds is 0. The molecular formula is C8H14F2N2. The van der Waals surface area contributed by atoms with Crippen LogP contribution in [0.25, 0.3) is 0 Å². The molecule has 2 fully saturated rings. The van der Waals surface area contributed by atoms with Crippen molar-refractivity contribution in [2.24, 2.45) is 5.41 Å². The van der Waals surface area contributed by atoms with Gasteiger partial charge < -0.3 is 5.32 Å². The molecule has 1 spiro atoms. The first-order chi connectivity index (χ1) is 5.56. The Hall–Kier alpha value is -0.220. The first kappa shape index (κ1) is 8.38. The quantitative estimate of drug-likeness (QED) is 0.579. The minimum atomic E-state index is -2.49. The normalized spacial score (nSPS) is 41.2. The standard InChI is InChI=1S/C8H14F2N2/c1-12-5-7(2-3-11-4-7)8(9,10)6-12/h11H,2-6H2,1H3. The molecule has 2 aliphatic rings. The average Bonchev–Trinajstić information content (AvgIpc) is 2.42. The number of alkyl halides is 2. The van der Waals surface area contributed by atoms with E-state index in [1.807, 2.05) is 0 Å². The molecule has 70 valence electrons. The van der Waals surface area contributed by atoms with Gasteiger partial charge in [0.15, 0.2) is 0 Å². The Bertz CT molecular complexity index is 187. The third-order valence-corrected chi connectivity index (χ3v) is 3.06. The fraction of sp³-hybridized carbons (Fsp3) is 1.00. The lowest BCUT2D eigenvalue weighted by Gasteiger charge is -2.28. The van der Waals surface area contributed by atoms with Crippen molar-refractivity contribution in [2.75, 3.05) is 33.2 Å². The Kier molecular flexibility index (Phi) is 1.67. The summed E-state index contributed by atoms with van der Waals surface area (Å²) in [5, 5.41) is 3.02. The van der Waals surface area contributed by atoms with Crippen LogP contribution in [-0.2, 0) is 0 Å². The zero-order valence-electron chi connectivity index (χ0n) is 7.24. The van der Waals surface area contributed by atoms with Crippen molar-refractivity contribution in [3.63, 3.8) is 0 Å². The van der Waals surface area contributed by atoms with Gasteiger partial charge >= 0.3 is 0 Å². The number of halogens is 2. The maximum atomic E-state index is 13.5. The van der Waals surface area contributed by atoms with Gasteiger partial charge in [-0.2, -0.15) is 0 Å². The van der Waals surface area contributed by atoms with Crippen molar-refractivity contribution in [3.8, 4) is 0 Å². The lowest BCUT2D eigenvalue weighted by molar-refractivity contribution is -0.0743. The molecule has 2 nitrogen and oxygen atoms in total. The molecule has 2 rings (SSSR count). The number of likely N-dealkylation sites (tertiary alicyclic amines) is 1. The highest BCUT2D eigenvalue weighted by molar-refractivity contribution is 5.05. The van der Waals surface area contributed by atoms with Crippen LogP contribution < -0.4 is 5.32 Å². The Morgan fingerprint density at radius 3 is 2.50 bits per heavy atom. The van der Waals surface area contributed by atoms with Gasteiger partial charge in [-0.15, -0.1) is 0 Å². The molecule has 1 unspecified atom stereocenters. The van der Waals surface area contributed by atoms with Crippen LogP contribution in [0.2, 0.25) is 0 Å². The summed E-state index contributed by atoms with van der Waals surface area (Å²) in [6, 6.07) is 0. The summed E-state index contributed by atoms with van der Waals surface area (Å²) in [5.74, 6) is -2.49. The lowest BCUT2D eigenvalue weighted by atomic mass is 9.83. The second-order valence-corrected chi connectivity index (χ2v) is 4.08. The van der Waals surface area contributed by atoms with Gasteiger partial charge in [-0.3, -0.25) is 4.90 Å². The van der Waals surface area contributed by atoms with Crippen LogP contribution in [0.3, 0.4) is 0 Å². The van der Waals surface area contributed by atoms with E-state index in [9.17, 15) is 8.78 Å². The third-order valence-electron chi connectivity index (χ3n) is 3.06. The highest BCUT2D eigenvalue weighted by atomic mass is 19.3. The SMILES string of the molecule is CN1CC(F)(F)C2(CCNC2)C1. The number of nitrogens with zero attached hydrogens (tertiary/aromatic N) is 1. The Morgan fingerprint density at radius 1 is 1.33 bits per heavy atom. The van der Waals surface area contributed by atoms with Gasteiger partial charge in [0.1, 0.15) is 0 Å². The average molecular weight is 176 g/mol. The lowest BCUT2D eigenvalue weighted by Crippen LogP contribution is -2.41. The Labute approximate surface area is 70.9 Å². The zero-order chi connectivity index (χ0) is 8.82. The smallest absolute Gasteiger partial charge is 0.268 e. The summed E-state index contributed by atoms with van der Waals surface area (Å²) >= 11 is 0. The van der Waals surface area contributed by atoms with E-state index in [0.29, 0.717) is 19.5 Å². The van der Waals surface area contributed by atoms with Gasteiger partial charge in [0.05, 0.1) is 12.0 Å². The maximum Gasteiger partial charge on any atom is 0.268 e. The predicted molar refractivity (Wildman–Crippen MR) is 42.4 cm³/mol. The molecule has 0 aromatic heterocycles. The van der Waals surface area contributed by atoms with Crippen molar-refractivity contribution in [1.82, 2.24) is 10.2 Å². The molecule has 0 bridgehead atoms. The van der Waals surface area contributed by atoms with Gasteiger partial charge in [0.2, 0.25) is 0 Å². The van der Waals surface area contributed by atoms with Crippen LogP contribution in [-0.4, -0.2) is 44.0 Å². The summed E-state index contributed by atoms with van der Waals surface area (Å²) in [4.78, 5) is 1.73. The largest absolute Gasteiger partial charge is 0.316 e. The van der Waals surface area contributed by atoms with E-state index >= 15 is 0 Å². The topological polar surface area (TPSA) is 15.3 Å². The number of hydrogen-bond donors (Lipinski definition) is 1. The van der Waals surface area contributed by atoms with Gasteiger partial charge in [-0.25, -0.2) is 8.78 Å². The second-order valence-electron chi connectivity index (χ2n) is 4.08. The summed E-state index contributed by atoms with van der Waals surface area (Å²) in [6.45, 7) is 1.68. The van der Waals surface area contributed by atoms with Gasteiger partial charge in [-0.1, -0.05) is 0 Å². The fourth-order valence-electron chi connectivity index (χ4n) is 2.39. The number of hydrogen-bond acceptors (Lipinski definition) is 2. The van der Waals surface area contributed by atoms with Gasteiger partial charge in [0.25, 0.3) is 5.92 Å². The molecule has 1 N–H and O–H groups in total. The highest BCUT2D eigenvalue weighted by Gasteiger charge is 2.59. The summed E-state index contributed by atoms with van der Waals surface area (Å²) < 4.78 is 26.9. The highest BCUT2D eigenvalue weighted by Crippen LogP contribution is 2.46. The first-order valence-corrected chi connectivity index (χ1v) is 4.33. The van der Waals surface area contributed by atoms with Crippen molar-refractivity contribution < 1.29 is 8.78 Å². The van der Waals surface area contributed by atoms with E-state index < -0.39 is 11.3 Å². The van der Waals surface area contributed by atoms with Crippen LogP contribution in [0, 0.1) is 5.41 Å². The number of nitrogens with one attached hydrogen (secondary N) is 1. The van der Waals surface area contributed by atoms with E-state index in [4.69, 9.17) is 0 Å². The molecule has 0 aliphatic carbocycles. The summed E-state index contributed by atoms with van der Waals surface area (Å²) in [5.41, 5.74) is -0.762. The molecule has 0 aromatic carbocycles. The minimum Gasteiger partial charge on any atom is -0.316 e. The van der Waals surface area contributed by atoms with Crippen LogP contribution >= 0.6 is 0 Å². The Balaban J connectivity index is 2.23. The molecule has 4 heteroatoms. The van der Waals surface area contributed by atoms with E-state index in [1.54, 1.807) is 11.9 Å². The minimum absolute atomic E-state index is 0.0747. The van der Waals surface area contributed by atoms with E-state index in [1.165, 1.54) is 0 Å². The molecule has 1 atom stereocenters. The van der Waals surface area contributed by atoms with Crippen LogP contribution in [0.4, 0.5) is 8.78 Å². The summed E-state index contributed by atoms with van der Waals surface area (Å²) in [6.07, 6.45) is 0.615. The first-order valence-electron chi connectivity index (χ1n) is 4.33. The van der Waals surface area contributed by atoms with Crippen molar-refractivity contribution in [2.45, 2.75) is 12.3 Å². The zero-order valence-corrected chi connectivity index (χ0v) is 7.24. The predicted octanol–water partition coefficient (Wildman–Crippen LogP) is 0.547. The summed E-state index contributed by atoms with van der Waals surface area (Å²) in [7, 11) is 1.76. The molecule has 0 saturated carbocycles. The third kappa shape index (κ3) is 0.977. The van der Waals surface area contributed by atoms with Gasteiger partial charge in [0, 0.05) is 13.1 Å². The van der Waals surface area contributed by atoms with Gasteiger partial charge in [-0.05, 0) is 20.0 Å². The molecular weight excluding hydrogens is 162 g/mol. The molecule has 2 aliphatic heterocycles. The van der Waals surface area contributed by atoms with Crippen molar-refractivity contribution in [1.29, 1.82) is 0 Å². The Morgan fingerprint density at radius 2 is 2.08 bits per heavy atom. The molecule has 12 heavy (non-hydrogen) atoms. The molecule has 2 heterocycles. The maximum absolute atomic E-state index is 13.5. The van der Waals surface area contributed by atoms with E-state index in [2.05, 4.69) is 5.32 Å². The van der Waals surface area contributed by atoms with Crippen molar-refractivity contribution in [3.05, 3.63) is 0 Å². The van der Waals surface area contributed by atoms with Crippen LogP contribution in [0.15, 0.2) is 0 Å². The van der Waals surface area contributed by atoms with E-state index in [0.717, 1.165) is 6.54 Å². The van der Waals surface area contributed by atoms with E-state index in [-0.39, 0.29) is 6.54 Å². The monoisotopic (exact) mass is 176 g/mol. The second kappa shape index (κ2) is 2.39. The van der Waals surface area contributed by atoms with Crippen LogP contribution in [0.5, 0.6) is 0 Å². The van der Waals surface area contributed by atoms with Crippen molar-refractivity contribution >= 4 is 0 Å².